The first-order chi connectivity index (χ1) is 14.8. The molecule has 1 N–H and O–H groups in total. The van der Waals surface area contributed by atoms with E-state index < -0.39 is 20.9 Å². The third kappa shape index (κ3) is 3.97. The molecule has 0 unspecified atom stereocenters. The second kappa shape index (κ2) is 8.00. The van der Waals surface area contributed by atoms with Crippen molar-refractivity contribution in [2.75, 3.05) is 31.0 Å². The maximum absolute atomic E-state index is 13.2. The van der Waals surface area contributed by atoms with Crippen molar-refractivity contribution in [1.82, 2.24) is 4.90 Å². The molecule has 31 heavy (non-hydrogen) atoms. The summed E-state index contributed by atoms with van der Waals surface area (Å²) >= 11 is 0. The Kier molecular flexibility index (Phi) is 5.38. The molecule has 0 bridgehead atoms. The van der Waals surface area contributed by atoms with E-state index in [1.54, 1.807) is 24.3 Å². The van der Waals surface area contributed by atoms with Gasteiger partial charge >= 0.3 is 0 Å². The first kappa shape index (κ1) is 20.8. The van der Waals surface area contributed by atoms with Gasteiger partial charge in [0.2, 0.25) is 5.76 Å². The van der Waals surface area contributed by atoms with Gasteiger partial charge in [-0.05, 0) is 24.6 Å². The van der Waals surface area contributed by atoms with Crippen molar-refractivity contribution in [1.29, 1.82) is 0 Å². The molecule has 162 valence electrons. The number of sulfonamides is 1. The zero-order valence-electron chi connectivity index (χ0n) is 16.5. The predicted molar refractivity (Wildman–Crippen MR) is 112 cm³/mol. The fourth-order valence-electron chi connectivity index (χ4n) is 3.39. The molecule has 0 saturated carbocycles. The molecule has 0 spiro atoms. The van der Waals surface area contributed by atoms with Crippen molar-refractivity contribution in [2.45, 2.75) is 11.8 Å². The fourth-order valence-corrected chi connectivity index (χ4v) is 4.74. The summed E-state index contributed by atoms with van der Waals surface area (Å²) < 4.78 is 39.8. The SMILES string of the molecule is Cc1ccc([N+](=O)[O-])cc1S(=O)(=O)Nc1c(C(=O)N2CCOCC2)oc2ccccc12. The number of benzene rings is 2. The van der Waals surface area contributed by atoms with Gasteiger partial charge in [-0.2, -0.15) is 0 Å². The number of non-ortho nitro benzene ring substituents is 1. The quantitative estimate of drug-likeness (QED) is 0.472. The Labute approximate surface area is 177 Å². The van der Waals surface area contributed by atoms with Crippen LogP contribution in [0.5, 0.6) is 0 Å². The number of furan rings is 1. The standard InChI is InChI=1S/C20H19N3O7S/c1-13-6-7-14(23(25)26)12-17(13)31(27,28)21-18-15-4-2-3-5-16(15)30-19(18)20(24)22-8-10-29-11-9-22/h2-7,12,21H,8-11H2,1H3. The van der Waals surface area contributed by atoms with Crippen molar-refractivity contribution >= 4 is 38.3 Å². The van der Waals surface area contributed by atoms with Crippen LogP contribution >= 0.6 is 0 Å². The lowest BCUT2D eigenvalue weighted by Gasteiger charge is -2.26. The number of nitro benzene ring substituents is 1. The number of nitrogens with zero attached hydrogens (tertiary/aromatic N) is 2. The maximum atomic E-state index is 13.2. The highest BCUT2D eigenvalue weighted by Crippen LogP contribution is 2.34. The fraction of sp³-hybridized carbons (Fsp3) is 0.250. The van der Waals surface area contributed by atoms with E-state index in [0.29, 0.717) is 42.8 Å². The number of morpholine rings is 1. The smallest absolute Gasteiger partial charge is 0.291 e. The molecule has 3 aromatic rings. The number of fused-ring (bicyclic) bond motifs is 1. The second-order valence-corrected chi connectivity index (χ2v) is 8.67. The number of rotatable bonds is 5. The average Bonchev–Trinajstić information content (AvgIpc) is 3.11. The molecule has 0 atom stereocenters. The van der Waals surface area contributed by atoms with E-state index in [2.05, 4.69) is 4.72 Å². The first-order valence-electron chi connectivity index (χ1n) is 9.44. The summed E-state index contributed by atoms with van der Waals surface area (Å²) in [7, 11) is -4.26. The number of nitro groups is 1. The zero-order chi connectivity index (χ0) is 22.2. The van der Waals surface area contributed by atoms with Crippen molar-refractivity contribution in [2.24, 2.45) is 0 Å². The van der Waals surface area contributed by atoms with Crippen LogP contribution in [0.15, 0.2) is 51.8 Å². The molecule has 2 heterocycles. The Balaban J connectivity index is 1.80. The van der Waals surface area contributed by atoms with Gasteiger partial charge in [-0.3, -0.25) is 19.6 Å². The maximum Gasteiger partial charge on any atom is 0.291 e. The number of aryl methyl sites for hydroxylation is 1. The molecule has 2 aromatic carbocycles. The first-order valence-corrected chi connectivity index (χ1v) is 10.9. The molecule has 1 saturated heterocycles. The van der Waals surface area contributed by atoms with E-state index in [-0.39, 0.29) is 22.0 Å². The molecule has 0 aliphatic carbocycles. The number of carbonyl (C=O) groups is 1. The van der Waals surface area contributed by atoms with Gasteiger partial charge in [-0.25, -0.2) is 8.42 Å². The van der Waals surface area contributed by atoms with E-state index >= 15 is 0 Å². The van der Waals surface area contributed by atoms with Crippen LogP contribution in [-0.4, -0.2) is 50.5 Å². The molecule has 10 nitrogen and oxygen atoms in total. The molecule has 1 aromatic heterocycles. The third-order valence-electron chi connectivity index (χ3n) is 5.00. The van der Waals surface area contributed by atoms with Gasteiger partial charge in [0.05, 0.1) is 23.0 Å². The minimum absolute atomic E-state index is 0.00185. The lowest BCUT2D eigenvalue weighted by molar-refractivity contribution is -0.385. The van der Waals surface area contributed by atoms with Gasteiger partial charge in [-0.1, -0.05) is 18.2 Å². The molecule has 1 amide bonds. The largest absolute Gasteiger partial charge is 0.449 e. The number of hydrogen-bond acceptors (Lipinski definition) is 7. The lowest BCUT2D eigenvalue weighted by Crippen LogP contribution is -2.40. The van der Waals surface area contributed by atoms with E-state index in [1.807, 2.05) is 0 Å². The summed E-state index contributed by atoms with van der Waals surface area (Å²) in [5.41, 5.74) is 0.310. The number of anilines is 1. The lowest BCUT2D eigenvalue weighted by atomic mass is 10.2. The molecule has 11 heteroatoms. The Hall–Kier alpha value is -3.44. The number of nitrogens with one attached hydrogen (secondary N) is 1. The van der Waals surface area contributed by atoms with Gasteiger partial charge in [-0.15, -0.1) is 0 Å². The van der Waals surface area contributed by atoms with Crippen molar-refractivity contribution < 1.29 is 27.3 Å². The highest BCUT2D eigenvalue weighted by Gasteiger charge is 2.30. The normalized spacial score (nSPS) is 14.5. The Morgan fingerprint density at radius 1 is 1.16 bits per heavy atom. The van der Waals surface area contributed by atoms with Crippen LogP contribution in [0.25, 0.3) is 11.0 Å². The Bertz CT molecular complexity index is 1280. The van der Waals surface area contributed by atoms with Gasteiger partial charge in [0, 0.05) is 30.6 Å². The second-order valence-electron chi connectivity index (χ2n) is 7.02. The summed E-state index contributed by atoms with van der Waals surface area (Å²) in [6.45, 7) is 2.99. The number of amides is 1. The van der Waals surface area contributed by atoms with E-state index in [9.17, 15) is 23.3 Å². The molecular formula is C20H19N3O7S. The van der Waals surface area contributed by atoms with Crippen LogP contribution in [0.4, 0.5) is 11.4 Å². The highest BCUT2D eigenvalue weighted by atomic mass is 32.2. The number of carbonyl (C=O) groups excluding carboxylic acids is 1. The molecular weight excluding hydrogens is 426 g/mol. The van der Waals surface area contributed by atoms with E-state index in [0.717, 1.165) is 6.07 Å². The summed E-state index contributed by atoms with van der Waals surface area (Å²) in [6.07, 6.45) is 0. The Morgan fingerprint density at radius 3 is 2.58 bits per heavy atom. The highest BCUT2D eigenvalue weighted by molar-refractivity contribution is 7.92. The van der Waals surface area contributed by atoms with Crippen LogP contribution in [0.3, 0.4) is 0 Å². The van der Waals surface area contributed by atoms with E-state index in [4.69, 9.17) is 9.15 Å². The van der Waals surface area contributed by atoms with Gasteiger partial charge in [0.25, 0.3) is 21.6 Å². The predicted octanol–water partition coefficient (Wildman–Crippen LogP) is 2.92. The summed E-state index contributed by atoms with van der Waals surface area (Å²) in [6, 6.07) is 10.2. The molecule has 0 radical (unpaired) electrons. The minimum Gasteiger partial charge on any atom is -0.449 e. The van der Waals surface area contributed by atoms with Crippen LogP contribution in [0, 0.1) is 17.0 Å². The number of hydrogen-bond donors (Lipinski definition) is 1. The van der Waals surface area contributed by atoms with Gasteiger partial charge in [0.15, 0.2) is 0 Å². The average molecular weight is 445 g/mol. The molecule has 1 fully saturated rings. The van der Waals surface area contributed by atoms with Crippen LogP contribution < -0.4 is 4.72 Å². The number of ether oxygens (including phenoxy) is 1. The van der Waals surface area contributed by atoms with Crippen molar-refractivity contribution in [3.8, 4) is 0 Å². The zero-order valence-corrected chi connectivity index (χ0v) is 17.3. The molecule has 1 aliphatic heterocycles. The molecule has 4 rings (SSSR count). The summed E-state index contributed by atoms with van der Waals surface area (Å²) in [5.74, 6) is -0.609. The minimum atomic E-state index is -4.26. The monoisotopic (exact) mass is 445 g/mol. The topological polar surface area (TPSA) is 132 Å². The van der Waals surface area contributed by atoms with Gasteiger partial charge < -0.3 is 14.1 Å². The Morgan fingerprint density at radius 2 is 1.87 bits per heavy atom. The van der Waals surface area contributed by atoms with Crippen LogP contribution in [0.2, 0.25) is 0 Å². The molecule has 1 aliphatic rings. The summed E-state index contributed by atoms with van der Waals surface area (Å²) in [5, 5.41) is 11.5. The third-order valence-corrected chi connectivity index (χ3v) is 6.49. The summed E-state index contributed by atoms with van der Waals surface area (Å²) in [4.78, 5) is 24.8. The van der Waals surface area contributed by atoms with Crippen LogP contribution in [0.1, 0.15) is 16.1 Å². The van der Waals surface area contributed by atoms with Crippen molar-refractivity contribution in [3.63, 3.8) is 0 Å². The van der Waals surface area contributed by atoms with Crippen LogP contribution in [-0.2, 0) is 14.8 Å². The van der Waals surface area contributed by atoms with E-state index in [1.165, 1.54) is 24.0 Å². The van der Waals surface area contributed by atoms with Gasteiger partial charge in [0.1, 0.15) is 11.3 Å². The van der Waals surface area contributed by atoms with Crippen molar-refractivity contribution in [3.05, 3.63) is 63.9 Å². The number of para-hydroxylation sites is 1.